The third-order valence-corrected chi connectivity index (χ3v) is 2.70. The second kappa shape index (κ2) is 7.48. The van der Waals surface area contributed by atoms with Gasteiger partial charge in [-0.2, -0.15) is 0 Å². The number of rotatable bonds is 6. The number of hydrogen-bond acceptors (Lipinski definition) is 2. The molecule has 0 heterocycles. The van der Waals surface area contributed by atoms with Crippen molar-refractivity contribution in [2.45, 2.75) is 26.7 Å². The average Bonchev–Trinajstić information content (AvgIpc) is 2.31. The lowest BCUT2D eigenvalue weighted by molar-refractivity contribution is -0.116. The molecule has 4 heteroatoms. The van der Waals surface area contributed by atoms with Gasteiger partial charge in [0.25, 0.3) is 0 Å². The fraction of sp³-hybridized carbons (Fsp3) is 0.429. The van der Waals surface area contributed by atoms with Gasteiger partial charge in [-0.05, 0) is 31.4 Å². The Morgan fingerprint density at radius 3 is 2.44 bits per heavy atom. The molecule has 1 aromatic carbocycles. The topological polar surface area (TPSA) is 58.2 Å². The van der Waals surface area contributed by atoms with Gasteiger partial charge in [0.1, 0.15) is 5.78 Å². The standard InChI is InChI=1S/C14H20N2O2/c1-11-5-3-4-6-13(11)8-10-16-14(18)15-9-7-12(2)17/h3-6H,7-10H2,1-2H3,(H2,15,16,18). The minimum Gasteiger partial charge on any atom is -0.338 e. The Morgan fingerprint density at radius 1 is 1.11 bits per heavy atom. The summed E-state index contributed by atoms with van der Waals surface area (Å²) in [4.78, 5) is 22.1. The molecule has 2 amide bonds. The number of Topliss-reactive ketones (excluding diaryl/α,β-unsaturated/α-hetero) is 1. The van der Waals surface area contributed by atoms with E-state index in [9.17, 15) is 9.59 Å². The third-order valence-electron chi connectivity index (χ3n) is 2.70. The van der Waals surface area contributed by atoms with Crippen LogP contribution >= 0.6 is 0 Å². The predicted molar refractivity (Wildman–Crippen MR) is 71.6 cm³/mol. The van der Waals surface area contributed by atoms with E-state index in [1.54, 1.807) is 0 Å². The van der Waals surface area contributed by atoms with Crippen LogP contribution < -0.4 is 10.6 Å². The van der Waals surface area contributed by atoms with E-state index in [2.05, 4.69) is 29.7 Å². The van der Waals surface area contributed by atoms with Gasteiger partial charge in [0.05, 0.1) is 0 Å². The number of amides is 2. The minimum absolute atomic E-state index is 0.0789. The molecule has 0 fully saturated rings. The Balaban J connectivity index is 2.20. The molecule has 0 saturated heterocycles. The van der Waals surface area contributed by atoms with Gasteiger partial charge in [-0.3, -0.25) is 4.79 Å². The van der Waals surface area contributed by atoms with Crippen molar-refractivity contribution >= 4 is 11.8 Å². The Hall–Kier alpha value is -1.84. The van der Waals surface area contributed by atoms with Crippen LogP contribution in [0.4, 0.5) is 4.79 Å². The second-order valence-electron chi connectivity index (χ2n) is 4.31. The zero-order chi connectivity index (χ0) is 13.4. The lowest BCUT2D eigenvalue weighted by atomic mass is 10.1. The summed E-state index contributed by atoms with van der Waals surface area (Å²) >= 11 is 0. The van der Waals surface area contributed by atoms with Gasteiger partial charge in [0.2, 0.25) is 0 Å². The fourth-order valence-corrected chi connectivity index (χ4v) is 1.62. The van der Waals surface area contributed by atoms with E-state index in [-0.39, 0.29) is 11.8 Å². The number of ketones is 1. The zero-order valence-corrected chi connectivity index (χ0v) is 11.0. The van der Waals surface area contributed by atoms with Gasteiger partial charge in [0.15, 0.2) is 0 Å². The third kappa shape index (κ3) is 5.48. The first-order chi connectivity index (χ1) is 8.59. The van der Waals surface area contributed by atoms with Crippen molar-refractivity contribution in [3.05, 3.63) is 35.4 Å². The molecular weight excluding hydrogens is 228 g/mol. The van der Waals surface area contributed by atoms with Gasteiger partial charge < -0.3 is 10.6 Å². The van der Waals surface area contributed by atoms with Crippen molar-refractivity contribution in [3.8, 4) is 0 Å². The molecule has 0 aliphatic rings. The molecule has 98 valence electrons. The van der Waals surface area contributed by atoms with E-state index in [0.717, 1.165) is 6.42 Å². The number of benzene rings is 1. The van der Waals surface area contributed by atoms with Crippen LogP contribution in [0.15, 0.2) is 24.3 Å². The molecular formula is C14H20N2O2. The van der Waals surface area contributed by atoms with E-state index in [1.165, 1.54) is 18.1 Å². The number of hydrogen-bond donors (Lipinski definition) is 2. The van der Waals surface area contributed by atoms with Crippen LogP contribution in [0.25, 0.3) is 0 Å². The SMILES string of the molecule is CC(=O)CCNC(=O)NCCc1ccccc1C. The number of nitrogens with one attached hydrogen (secondary N) is 2. The quantitative estimate of drug-likeness (QED) is 0.806. The van der Waals surface area contributed by atoms with Crippen LogP contribution in [0.3, 0.4) is 0 Å². The summed E-state index contributed by atoms with van der Waals surface area (Å²) in [6.45, 7) is 4.56. The number of carbonyl (C=O) groups is 2. The summed E-state index contributed by atoms with van der Waals surface area (Å²) in [6.07, 6.45) is 1.19. The number of urea groups is 1. The van der Waals surface area contributed by atoms with E-state index in [0.29, 0.717) is 19.5 Å². The predicted octanol–water partition coefficient (Wildman–Crippen LogP) is 1.82. The maximum Gasteiger partial charge on any atom is 0.314 e. The van der Waals surface area contributed by atoms with Gasteiger partial charge in [0, 0.05) is 19.5 Å². The van der Waals surface area contributed by atoms with Gasteiger partial charge >= 0.3 is 6.03 Å². The van der Waals surface area contributed by atoms with Crippen molar-refractivity contribution in [3.63, 3.8) is 0 Å². The first kappa shape index (κ1) is 14.2. The molecule has 0 unspecified atom stereocenters. The van der Waals surface area contributed by atoms with E-state index in [4.69, 9.17) is 0 Å². The van der Waals surface area contributed by atoms with Crippen LogP contribution in [0.1, 0.15) is 24.5 Å². The Kier molecular flexibility index (Phi) is 5.91. The summed E-state index contributed by atoms with van der Waals surface area (Å²) in [5.74, 6) is 0.0789. The monoisotopic (exact) mass is 248 g/mol. The Bertz CT molecular complexity index is 416. The molecule has 2 N–H and O–H groups in total. The highest BCUT2D eigenvalue weighted by Gasteiger charge is 2.01. The molecule has 18 heavy (non-hydrogen) atoms. The summed E-state index contributed by atoms with van der Waals surface area (Å²) in [7, 11) is 0. The van der Waals surface area contributed by atoms with Crippen LogP contribution in [0.5, 0.6) is 0 Å². The minimum atomic E-state index is -0.218. The molecule has 1 aromatic rings. The summed E-state index contributed by atoms with van der Waals surface area (Å²) in [5, 5.41) is 5.41. The lowest BCUT2D eigenvalue weighted by Gasteiger charge is -2.08. The van der Waals surface area contributed by atoms with E-state index < -0.39 is 0 Å². The molecule has 0 atom stereocenters. The largest absolute Gasteiger partial charge is 0.338 e. The molecule has 0 aromatic heterocycles. The number of aryl methyl sites for hydroxylation is 1. The smallest absolute Gasteiger partial charge is 0.314 e. The summed E-state index contributed by atoms with van der Waals surface area (Å²) < 4.78 is 0. The van der Waals surface area contributed by atoms with Gasteiger partial charge in [-0.15, -0.1) is 0 Å². The summed E-state index contributed by atoms with van der Waals surface area (Å²) in [6, 6.07) is 7.90. The average molecular weight is 248 g/mol. The number of carbonyl (C=O) groups excluding carboxylic acids is 2. The van der Waals surface area contributed by atoms with Crippen molar-refractivity contribution in [2.75, 3.05) is 13.1 Å². The van der Waals surface area contributed by atoms with Crippen LogP contribution in [0, 0.1) is 6.92 Å². The Morgan fingerprint density at radius 2 is 1.78 bits per heavy atom. The highest BCUT2D eigenvalue weighted by Crippen LogP contribution is 2.06. The summed E-state index contributed by atoms with van der Waals surface area (Å²) in [5.41, 5.74) is 2.47. The van der Waals surface area contributed by atoms with E-state index in [1.807, 2.05) is 12.1 Å². The molecule has 0 radical (unpaired) electrons. The highest BCUT2D eigenvalue weighted by molar-refractivity contribution is 5.77. The molecule has 0 spiro atoms. The van der Waals surface area contributed by atoms with Crippen LogP contribution in [-0.2, 0) is 11.2 Å². The Labute approximate surface area is 108 Å². The van der Waals surface area contributed by atoms with Crippen molar-refractivity contribution in [1.29, 1.82) is 0 Å². The molecule has 1 rings (SSSR count). The van der Waals surface area contributed by atoms with Crippen molar-refractivity contribution in [2.24, 2.45) is 0 Å². The maximum atomic E-state index is 11.4. The van der Waals surface area contributed by atoms with Crippen LogP contribution in [-0.4, -0.2) is 24.9 Å². The van der Waals surface area contributed by atoms with Gasteiger partial charge in [-0.25, -0.2) is 4.79 Å². The van der Waals surface area contributed by atoms with E-state index >= 15 is 0 Å². The normalized spacial score (nSPS) is 9.89. The fourth-order valence-electron chi connectivity index (χ4n) is 1.62. The van der Waals surface area contributed by atoms with Crippen molar-refractivity contribution < 1.29 is 9.59 Å². The molecule has 0 aliphatic carbocycles. The first-order valence-corrected chi connectivity index (χ1v) is 6.15. The maximum absolute atomic E-state index is 11.4. The second-order valence-corrected chi connectivity index (χ2v) is 4.31. The van der Waals surface area contributed by atoms with Crippen LogP contribution in [0.2, 0.25) is 0 Å². The zero-order valence-electron chi connectivity index (χ0n) is 11.0. The molecule has 4 nitrogen and oxygen atoms in total. The molecule has 0 bridgehead atoms. The van der Waals surface area contributed by atoms with Crippen molar-refractivity contribution in [1.82, 2.24) is 10.6 Å². The first-order valence-electron chi connectivity index (χ1n) is 6.15. The highest BCUT2D eigenvalue weighted by atomic mass is 16.2. The van der Waals surface area contributed by atoms with Gasteiger partial charge in [-0.1, -0.05) is 24.3 Å². The molecule has 0 saturated carbocycles. The lowest BCUT2D eigenvalue weighted by Crippen LogP contribution is -2.37. The molecule has 0 aliphatic heterocycles.